The fourth-order valence-electron chi connectivity index (χ4n) is 1.40. The van der Waals surface area contributed by atoms with Gasteiger partial charge in [-0.3, -0.25) is 0 Å². The first-order valence-corrected chi connectivity index (χ1v) is 5.00. The summed E-state index contributed by atoms with van der Waals surface area (Å²) in [4.78, 5) is 10.4. The van der Waals surface area contributed by atoms with E-state index in [1.807, 2.05) is 14.1 Å². The number of hydrogen-bond acceptors (Lipinski definition) is 2. The Hall–Kier alpha value is -0.570. The zero-order chi connectivity index (χ0) is 10.3. The van der Waals surface area contributed by atoms with Gasteiger partial charge >= 0.3 is 0 Å². The number of carbonyl (C=O) groups is 1. The molecule has 0 aliphatic rings. The second-order valence-corrected chi connectivity index (χ2v) is 4.25. The first-order valence-electron chi connectivity index (χ1n) is 5.00. The molecular formula is C10H21NO2. The van der Waals surface area contributed by atoms with Gasteiger partial charge in [-0.15, -0.1) is 0 Å². The molecule has 0 aromatic carbocycles. The third-order valence-corrected chi connectivity index (χ3v) is 2.17. The summed E-state index contributed by atoms with van der Waals surface area (Å²) in [6.45, 7) is 3.21. The topological polar surface area (TPSA) is 40.1 Å². The van der Waals surface area contributed by atoms with Gasteiger partial charge < -0.3 is 14.4 Å². The second kappa shape index (κ2) is 5.97. The molecule has 13 heavy (non-hydrogen) atoms. The molecule has 0 fully saturated rings. The van der Waals surface area contributed by atoms with E-state index >= 15 is 0 Å². The maximum Gasteiger partial charge on any atom is 0.119 e. The summed E-state index contributed by atoms with van der Waals surface area (Å²) in [6.07, 6.45) is 4.76. The molecule has 0 rings (SSSR count). The molecule has 0 radical (unpaired) electrons. The van der Waals surface area contributed by atoms with Crippen LogP contribution in [0, 0.1) is 0 Å². The maximum atomic E-state index is 10.4. The number of rotatable bonds is 7. The number of quaternary nitrogens is 1. The third-order valence-electron chi connectivity index (χ3n) is 2.17. The Morgan fingerprint density at radius 2 is 1.85 bits per heavy atom. The zero-order valence-electron chi connectivity index (χ0n) is 9.01. The van der Waals surface area contributed by atoms with Crippen LogP contribution in [-0.4, -0.2) is 37.6 Å². The van der Waals surface area contributed by atoms with E-state index in [0.717, 1.165) is 13.0 Å². The molecule has 0 aliphatic heterocycles. The van der Waals surface area contributed by atoms with Gasteiger partial charge in [0.05, 0.1) is 26.6 Å². The second-order valence-electron chi connectivity index (χ2n) is 4.25. The van der Waals surface area contributed by atoms with Gasteiger partial charge in [-0.05, 0) is 12.8 Å². The van der Waals surface area contributed by atoms with E-state index in [1.165, 1.54) is 19.3 Å². The number of likely N-dealkylation sites (N-methyl/N-ethyl adjacent to an activating group) is 1. The van der Waals surface area contributed by atoms with E-state index in [4.69, 9.17) is 0 Å². The van der Waals surface area contributed by atoms with Crippen LogP contribution in [0.4, 0.5) is 0 Å². The van der Waals surface area contributed by atoms with Crippen LogP contribution in [0.25, 0.3) is 0 Å². The summed E-state index contributed by atoms with van der Waals surface area (Å²) in [5.74, 6) is -0.958. The van der Waals surface area contributed by atoms with Crippen molar-refractivity contribution in [3.05, 3.63) is 0 Å². The number of aliphatic carboxylic acids is 1. The molecule has 0 heterocycles. The highest BCUT2D eigenvalue weighted by Gasteiger charge is 2.13. The largest absolute Gasteiger partial charge is 0.544 e. The normalized spacial score (nSPS) is 11.6. The molecule has 0 spiro atoms. The number of carbonyl (C=O) groups excluding carboxylic acids is 1. The Bertz CT molecular complexity index is 155. The standard InChI is InChI=1S/C10H21NO2/c1-4-5-6-7-8-11(2,3)9-10(12)13/h4-9H2,1-3H3. The lowest BCUT2D eigenvalue weighted by atomic mass is 10.2. The molecule has 0 N–H and O–H groups in total. The summed E-state index contributed by atoms with van der Waals surface area (Å²) in [5.41, 5.74) is 0. The number of nitrogens with zero attached hydrogens (tertiary/aromatic N) is 1. The van der Waals surface area contributed by atoms with E-state index in [9.17, 15) is 9.90 Å². The monoisotopic (exact) mass is 187 g/mol. The van der Waals surface area contributed by atoms with Gasteiger partial charge in [0.2, 0.25) is 0 Å². The predicted molar refractivity (Wildman–Crippen MR) is 51.0 cm³/mol. The summed E-state index contributed by atoms with van der Waals surface area (Å²) in [7, 11) is 3.86. The lowest BCUT2D eigenvalue weighted by Crippen LogP contribution is -2.48. The van der Waals surface area contributed by atoms with Gasteiger partial charge in [-0.25, -0.2) is 0 Å². The summed E-state index contributed by atoms with van der Waals surface area (Å²) in [5, 5.41) is 10.4. The van der Waals surface area contributed by atoms with Crippen LogP contribution in [0.2, 0.25) is 0 Å². The average molecular weight is 187 g/mol. The SMILES string of the molecule is CCCCCC[N+](C)(C)CC(=O)[O-]. The van der Waals surface area contributed by atoms with Gasteiger partial charge in [0, 0.05) is 0 Å². The molecule has 0 aliphatic carbocycles. The number of carboxylic acids is 1. The fraction of sp³-hybridized carbons (Fsp3) is 0.900. The summed E-state index contributed by atoms with van der Waals surface area (Å²) < 4.78 is 0.534. The molecular weight excluding hydrogens is 166 g/mol. The quantitative estimate of drug-likeness (QED) is 0.427. The summed E-state index contributed by atoms with van der Waals surface area (Å²) >= 11 is 0. The highest BCUT2D eigenvalue weighted by atomic mass is 16.4. The van der Waals surface area contributed by atoms with Crippen molar-refractivity contribution in [1.82, 2.24) is 0 Å². The Morgan fingerprint density at radius 3 is 2.31 bits per heavy atom. The van der Waals surface area contributed by atoms with Crippen LogP contribution >= 0.6 is 0 Å². The van der Waals surface area contributed by atoms with Gasteiger partial charge in [0.15, 0.2) is 0 Å². The molecule has 0 amide bonds. The van der Waals surface area contributed by atoms with Crippen molar-refractivity contribution in [2.45, 2.75) is 32.6 Å². The Labute approximate surface area is 80.9 Å². The van der Waals surface area contributed by atoms with Crippen LogP contribution in [0.3, 0.4) is 0 Å². The fourth-order valence-corrected chi connectivity index (χ4v) is 1.40. The van der Waals surface area contributed by atoms with Crippen molar-refractivity contribution in [3.8, 4) is 0 Å². The lowest BCUT2D eigenvalue weighted by molar-refractivity contribution is -0.885. The van der Waals surface area contributed by atoms with E-state index in [2.05, 4.69) is 6.92 Å². The van der Waals surface area contributed by atoms with Crippen molar-refractivity contribution in [1.29, 1.82) is 0 Å². The third kappa shape index (κ3) is 7.78. The average Bonchev–Trinajstić information content (AvgIpc) is 1.95. The highest BCUT2D eigenvalue weighted by Crippen LogP contribution is 2.04. The molecule has 0 unspecified atom stereocenters. The number of carboxylic acid groups (broad SMARTS) is 1. The molecule has 3 nitrogen and oxygen atoms in total. The Morgan fingerprint density at radius 1 is 1.23 bits per heavy atom. The van der Waals surface area contributed by atoms with Crippen LogP contribution in [0.1, 0.15) is 32.6 Å². The van der Waals surface area contributed by atoms with Crippen LogP contribution < -0.4 is 5.11 Å². The number of unbranched alkanes of at least 4 members (excludes halogenated alkanes) is 3. The number of hydrogen-bond donors (Lipinski definition) is 0. The predicted octanol–water partition coefficient (Wildman–Crippen LogP) is 0.393. The minimum Gasteiger partial charge on any atom is -0.544 e. The van der Waals surface area contributed by atoms with Crippen LogP contribution in [0.15, 0.2) is 0 Å². The minimum atomic E-state index is -0.958. The molecule has 0 bridgehead atoms. The molecule has 0 aromatic heterocycles. The molecule has 0 saturated heterocycles. The molecule has 0 aromatic rings. The van der Waals surface area contributed by atoms with Crippen molar-refractivity contribution in [2.75, 3.05) is 27.2 Å². The Balaban J connectivity index is 3.56. The van der Waals surface area contributed by atoms with Crippen LogP contribution in [0.5, 0.6) is 0 Å². The lowest BCUT2D eigenvalue weighted by Gasteiger charge is -2.30. The summed E-state index contributed by atoms with van der Waals surface area (Å²) in [6, 6.07) is 0. The van der Waals surface area contributed by atoms with Crippen molar-refractivity contribution in [2.24, 2.45) is 0 Å². The van der Waals surface area contributed by atoms with E-state index < -0.39 is 5.97 Å². The van der Waals surface area contributed by atoms with Gasteiger partial charge in [0.1, 0.15) is 6.54 Å². The highest BCUT2D eigenvalue weighted by molar-refractivity contribution is 5.65. The van der Waals surface area contributed by atoms with Crippen molar-refractivity contribution < 1.29 is 14.4 Å². The minimum absolute atomic E-state index is 0.117. The zero-order valence-corrected chi connectivity index (χ0v) is 9.01. The van der Waals surface area contributed by atoms with Gasteiger partial charge in [-0.1, -0.05) is 19.8 Å². The molecule has 0 atom stereocenters. The molecule has 3 heteroatoms. The van der Waals surface area contributed by atoms with Crippen molar-refractivity contribution in [3.63, 3.8) is 0 Å². The van der Waals surface area contributed by atoms with Gasteiger partial charge in [0.25, 0.3) is 0 Å². The molecule has 78 valence electrons. The van der Waals surface area contributed by atoms with Crippen LogP contribution in [-0.2, 0) is 4.79 Å². The van der Waals surface area contributed by atoms with E-state index in [0.29, 0.717) is 4.48 Å². The molecule has 0 saturated carbocycles. The van der Waals surface area contributed by atoms with Gasteiger partial charge in [-0.2, -0.15) is 0 Å². The maximum absolute atomic E-state index is 10.4. The Kier molecular flexibility index (Phi) is 5.71. The van der Waals surface area contributed by atoms with E-state index in [1.54, 1.807) is 0 Å². The first kappa shape index (κ1) is 12.4. The smallest absolute Gasteiger partial charge is 0.119 e. The van der Waals surface area contributed by atoms with E-state index in [-0.39, 0.29) is 6.54 Å². The van der Waals surface area contributed by atoms with Crippen molar-refractivity contribution >= 4 is 5.97 Å². The first-order chi connectivity index (χ1) is 5.98.